The molecule has 1 amide bonds. The summed E-state index contributed by atoms with van der Waals surface area (Å²) in [6, 6.07) is 13.3. The van der Waals surface area contributed by atoms with Crippen LogP contribution >= 0.6 is 11.8 Å². The molecule has 0 aliphatic rings. The lowest BCUT2D eigenvalue weighted by molar-refractivity contribution is 0.0940. The van der Waals surface area contributed by atoms with Crippen LogP contribution in [0.2, 0.25) is 0 Å². The summed E-state index contributed by atoms with van der Waals surface area (Å²) in [4.78, 5) is 16.4. The van der Waals surface area contributed by atoms with Gasteiger partial charge in [0.2, 0.25) is 0 Å². The maximum atomic E-state index is 13.0. The van der Waals surface area contributed by atoms with Crippen molar-refractivity contribution in [1.29, 1.82) is 0 Å². The van der Waals surface area contributed by atoms with Crippen LogP contribution in [-0.2, 0) is 5.75 Å². The zero-order valence-electron chi connectivity index (χ0n) is 13.6. The van der Waals surface area contributed by atoms with Crippen molar-refractivity contribution in [3.05, 3.63) is 77.4 Å². The molecule has 7 heteroatoms. The number of nitrogens with one attached hydrogen (secondary N) is 2. The van der Waals surface area contributed by atoms with Crippen molar-refractivity contribution in [3.63, 3.8) is 0 Å². The van der Waals surface area contributed by atoms with Gasteiger partial charge in [0.1, 0.15) is 12.1 Å². The Morgan fingerprint density at radius 2 is 1.92 bits per heavy atom. The van der Waals surface area contributed by atoms with E-state index >= 15 is 0 Å². The SMILES string of the molecule is CC(NC(=O)c1ccc(CSc2ncn[nH]2)cc1)c1ccc(F)cc1. The van der Waals surface area contributed by atoms with E-state index in [0.29, 0.717) is 5.56 Å². The average molecular weight is 356 g/mol. The molecule has 3 aromatic rings. The summed E-state index contributed by atoms with van der Waals surface area (Å²) in [7, 11) is 0. The first-order valence-corrected chi connectivity index (χ1v) is 8.74. The maximum Gasteiger partial charge on any atom is 0.251 e. The molecule has 1 atom stereocenters. The topological polar surface area (TPSA) is 70.7 Å². The highest BCUT2D eigenvalue weighted by molar-refractivity contribution is 7.98. The van der Waals surface area contributed by atoms with Crippen LogP contribution in [0.4, 0.5) is 4.39 Å². The number of carbonyl (C=O) groups excluding carboxylic acids is 1. The van der Waals surface area contributed by atoms with Crippen molar-refractivity contribution in [3.8, 4) is 0 Å². The molecule has 1 aromatic heterocycles. The van der Waals surface area contributed by atoms with Crippen LogP contribution < -0.4 is 5.32 Å². The number of nitrogens with zero attached hydrogens (tertiary/aromatic N) is 2. The van der Waals surface area contributed by atoms with Crippen LogP contribution in [0.1, 0.15) is 34.5 Å². The van der Waals surface area contributed by atoms with Gasteiger partial charge in [-0.3, -0.25) is 9.89 Å². The van der Waals surface area contributed by atoms with Crippen molar-refractivity contribution in [2.24, 2.45) is 0 Å². The normalized spacial score (nSPS) is 11.9. The van der Waals surface area contributed by atoms with Gasteiger partial charge in [-0.25, -0.2) is 9.37 Å². The second kappa shape index (κ2) is 7.94. The van der Waals surface area contributed by atoms with E-state index in [-0.39, 0.29) is 17.8 Å². The lowest BCUT2D eigenvalue weighted by Crippen LogP contribution is -2.26. The van der Waals surface area contributed by atoms with Gasteiger partial charge in [-0.05, 0) is 42.3 Å². The minimum absolute atomic E-state index is 0.161. The highest BCUT2D eigenvalue weighted by Crippen LogP contribution is 2.19. The van der Waals surface area contributed by atoms with Crippen molar-refractivity contribution >= 4 is 17.7 Å². The van der Waals surface area contributed by atoms with E-state index in [1.807, 2.05) is 19.1 Å². The summed E-state index contributed by atoms with van der Waals surface area (Å²) < 4.78 is 13.0. The fourth-order valence-electron chi connectivity index (χ4n) is 2.28. The first-order chi connectivity index (χ1) is 12.1. The summed E-state index contributed by atoms with van der Waals surface area (Å²) in [6.45, 7) is 1.87. The standard InChI is InChI=1S/C18H17FN4OS/c1-12(14-6-8-16(19)9-7-14)22-17(24)15-4-2-13(3-5-15)10-25-18-20-11-21-23-18/h2-9,11-12H,10H2,1H3,(H,22,24)(H,20,21,23). The van der Waals surface area contributed by atoms with Crippen LogP contribution in [0.15, 0.2) is 60.0 Å². The highest BCUT2D eigenvalue weighted by atomic mass is 32.2. The van der Waals surface area contributed by atoms with E-state index in [4.69, 9.17) is 0 Å². The molecule has 0 saturated carbocycles. The molecule has 0 bridgehead atoms. The third-order valence-electron chi connectivity index (χ3n) is 3.70. The highest BCUT2D eigenvalue weighted by Gasteiger charge is 2.11. The van der Waals surface area contributed by atoms with Crippen LogP contribution in [0.25, 0.3) is 0 Å². The van der Waals surface area contributed by atoms with Gasteiger partial charge in [0, 0.05) is 11.3 Å². The number of thioether (sulfide) groups is 1. The van der Waals surface area contributed by atoms with Gasteiger partial charge >= 0.3 is 0 Å². The Hall–Kier alpha value is -2.67. The molecular weight excluding hydrogens is 339 g/mol. The molecule has 2 N–H and O–H groups in total. The van der Waals surface area contributed by atoms with Crippen molar-refractivity contribution in [1.82, 2.24) is 20.5 Å². The smallest absolute Gasteiger partial charge is 0.251 e. The first kappa shape index (κ1) is 17.2. The summed E-state index contributed by atoms with van der Waals surface area (Å²) in [5, 5.41) is 10.3. The fourth-order valence-corrected chi connectivity index (χ4v) is 3.02. The molecule has 0 fully saturated rings. The Kier molecular flexibility index (Phi) is 5.45. The molecule has 0 spiro atoms. The number of amides is 1. The number of carbonyl (C=O) groups is 1. The van der Waals surface area contributed by atoms with Crippen LogP contribution in [-0.4, -0.2) is 21.1 Å². The number of hydrogen-bond acceptors (Lipinski definition) is 4. The Balaban J connectivity index is 1.57. The average Bonchev–Trinajstić information content (AvgIpc) is 3.14. The zero-order valence-corrected chi connectivity index (χ0v) is 14.4. The molecule has 0 aliphatic carbocycles. The lowest BCUT2D eigenvalue weighted by atomic mass is 10.1. The molecule has 1 heterocycles. The number of rotatable bonds is 6. The minimum atomic E-state index is -0.291. The summed E-state index contributed by atoms with van der Waals surface area (Å²) in [5.74, 6) is 0.288. The number of aromatic amines is 1. The minimum Gasteiger partial charge on any atom is -0.346 e. The van der Waals surface area contributed by atoms with Crippen LogP contribution in [0, 0.1) is 5.82 Å². The summed E-state index contributed by atoms with van der Waals surface area (Å²) in [6.07, 6.45) is 1.47. The van der Waals surface area contributed by atoms with Crippen molar-refractivity contribution in [2.75, 3.05) is 0 Å². The Morgan fingerprint density at radius 1 is 1.20 bits per heavy atom. The molecular formula is C18H17FN4OS. The number of benzene rings is 2. The van der Waals surface area contributed by atoms with Gasteiger partial charge in [0.15, 0.2) is 5.16 Å². The van der Waals surface area contributed by atoms with Gasteiger partial charge < -0.3 is 5.32 Å². The zero-order chi connectivity index (χ0) is 17.6. The summed E-state index contributed by atoms with van der Waals surface area (Å²) >= 11 is 1.54. The van der Waals surface area contributed by atoms with Crippen LogP contribution in [0.5, 0.6) is 0 Å². The summed E-state index contributed by atoms with van der Waals surface area (Å²) in [5.41, 5.74) is 2.53. The van der Waals surface area contributed by atoms with Crippen molar-refractivity contribution < 1.29 is 9.18 Å². The third kappa shape index (κ3) is 4.67. The van der Waals surface area contributed by atoms with E-state index in [1.54, 1.807) is 36.0 Å². The lowest BCUT2D eigenvalue weighted by Gasteiger charge is -2.14. The Labute approximate surface area is 149 Å². The number of H-pyrrole nitrogens is 1. The monoisotopic (exact) mass is 356 g/mol. The second-order valence-electron chi connectivity index (χ2n) is 5.52. The fraction of sp³-hybridized carbons (Fsp3) is 0.167. The Bertz CT molecular complexity index is 819. The predicted molar refractivity (Wildman–Crippen MR) is 94.7 cm³/mol. The van der Waals surface area contributed by atoms with Crippen LogP contribution in [0.3, 0.4) is 0 Å². The largest absolute Gasteiger partial charge is 0.346 e. The van der Waals surface area contributed by atoms with E-state index in [9.17, 15) is 9.18 Å². The number of halogens is 1. The molecule has 1 unspecified atom stereocenters. The molecule has 128 valence electrons. The molecule has 0 radical (unpaired) electrons. The van der Waals surface area contributed by atoms with Gasteiger partial charge in [0.25, 0.3) is 5.91 Å². The van der Waals surface area contributed by atoms with E-state index < -0.39 is 0 Å². The first-order valence-electron chi connectivity index (χ1n) is 7.75. The van der Waals surface area contributed by atoms with Crippen molar-refractivity contribution in [2.45, 2.75) is 23.9 Å². The van der Waals surface area contributed by atoms with E-state index in [2.05, 4.69) is 20.5 Å². The molecule has 0 saturated heterocycles. The second-order valence-corrected chi connectivity index (χ2v) is 6.49. The molecule has 0 aliphatic heterocycles. The third-order valence-corrected chi connectivity index (χ3v) is 4.65. The molecule has 3 rings (SSSR count). The van der Waals surface area contributed by atoms with Gasteiger partial charge in [-0.1, -0.05) is 36.0 Å². The van der Waals surface area contributed by atoms with E-state index in [0.717, 1.165) is 22.0 Å². The molecule has 5 nitrogen and oxygen atoms in total. The van der Waals surface area contributed by atoms with Gasteiger partial charge in [0.05, 0.1) is 6.04 Å². The van der Waals surface area contributed by atoms with E-state index in [1.165, 1.54) is 18.5 Å². The maximum absolute atomic E-state index is 13.0. The predicted octanol–water partition coefficient (Wildman–Crippen LogP) is 3.73. The Morgan fingerprint density at radius 3 is 2.56 bits per heavy atom. The molecule has 2 aromatic carbocycles. The number of aromatic nitrogens is 3. The molecule has 25 heavy (non-hydrogen) atoms. The van der Waals surface area contributed by atoms with Gasteiger partial charge in [-0.2, -0.15) is 5.10 Å². The van der Waals surface area contributed by atoms with Gasteiger partial charge in [-0.15, -0.1) is 0 Å². The number of hydrogen-bond donors (Lipinski definition) is 2. The quantitative estimate of drug-likeness (QED) is 0.660.